The van der Waals surface area contributed by atoms with Crippen LogP contribution in [0, 0.1) is 23.7 Å². The van der Waals surface area contributed by atoms with E-state index in [2.05, 4.69) is 79.9 Å². The van der Waals surface area contributed by atoms with E-state index in [9.17, 15) is 19.6 Å². The predicted molar refractivity (Wildman–Crippen MR) is 178 cm³/mol. The van der Waals surface area contributed by atoms with Crippen molar-refractivity contribution < 1.29 is 78.0 Å². The summed E-state index contributed by atoms with van der Waals surface area (Å²) in [6.07, 6.45) is 14.5. The molecule has 0 aliphatic carbocycles. The van der Waals surface area contributed by atoms with Crippen LogP contribution in [0.1, 0.15) is 132 Å². The van der Waals surface area contributed by atoms with E-state index < -0.39 is 31.5 Å². The third-order valence-electron chi connectivity index (χ3n) is 6.01. The standard InChI is InChI=1S/2C14H30O2PS2.3Zn/c2*1-13(2)10-8-6-5-7-9-11-19(12-14(3)4)17(15,16)18;;;/h2*13-14H,5-12H2,1-4H3;;;/q2*-3;3*+2. The minimum absolute atomic E-state index is 0. The van der Waals surface area contributed by atoms with Crippen molar-refractivity contribution in [3.05, 3.63) is 0 Å². The van der Waals surface area contributed by atoms with Crippen LogP contribution < -0.4 is 19.6 Å². The molecule has 0 fully saturated rings. The van der Waals surface area contributed by atoms with Crippen molar-refractivity contribution in [1.82, 2.24) is 0 Å². The summed E-state index contributed by atoms with van der Waals surface area (Å²) in [5.41, 5.74) is -7.09. The van der Waals surface area contributed by atoms with Gasteiger partial charge < -0.3 is 55.5 Å². The van der Waals surface area contributed by atoms with Crippen molar-refractivity contribution >= 4 is 56.0 Å². The van der Waals surface area contributed by atoms with Gasteiger partial charge in [0.15, 0.2) is 0 Å². The molecule has 0 bridgehead atoms. The molecule has 0 saturated carbocycles. The zero-order valence-electron chi connectivity index (χ0n) is 27.9. The topological polar surface area (TPSA) is 92.2 Å². The number of unbranched alkanes of at least 4 members (excludes halogenated alkanes) is 8. The average molecular weight is 847 g/mol. The van der Waals surface area contributed by atoms with E-state index in [1.807, 2.05) is 0 Å². The summed E-state index contributed by atoms with van der Waals surface area (Å²) in [5.74, 6) is 5.49. The molecule has 0 saturated heterocycles. The largest absolute Gasteiger partial charge is 2.00 e. The van der Waals surface area contributed by atoms with Crippen LogP contribution >= 0.6 is 11.4 Å². The molecule has 0 spiro atoms. The fourth-order valence-electron chi connectivity index (χ4n) is 4.05. The van der Waals surface area contributed by atoms with E-state index in [-0.39, 0.29) is 58.4 Å². The third kappa shape index (κ3) is 40.1. The van der Waals surface area contributed by atoms with Gasteiger partial charge in [-0.15, -0.1) is 0 Å². The van der Waals surface area contributed by atoms with Crippen molar-refractivity contribution in [3.63, 3.8) is 0 Å². The molecule has 4 nitrogen and oxygen atoms in total. The first kappa shape index (κ1) is 54.4. The van der Waals surface area contributed by atoms with Gasteiger partial charge in [-0.2, -0.15) is 0 Å². The molecule has 0 radical (unpaired) electrons. The second-order valence-corrected chi connectivity index (χ2v) is 27.6. The van der Waals surface area contributed by atoms with Gasteiger partial charge in [0.2, 0.25) is 0 Å². The SMILES string of the molecule is CC(C)CCCCCCCS(CC(C)C)=P([O-])([O-])[S-].CC(C)CCCCCCCS(CC(C)C)=P([O-])([O-])[S-].[Zn+2].[Zn+2].[Zn+2]. The van der Waals surface area contributed by atoms with Crippen LogP contribution in [0.2, 0.25) is 0 Å². The number of hydrogen-bond donors (Lipinski definition) is 0. The maximum atomic E-state index is 11.6. The van der Waals surface area contributed by atoms with E-state index in [0.717, 1.165) is 60.5 Å². The Kier molecular flexibility index (Phi) is 43.2. The molecule has 13 heteroatoms. The molecule has 41 heavy (non-hydrogen) atoms. The van der Waals surface area contributed by atoms with Gasteiger partial charge in [-0.05, 0) is 59.5 Å². The Labute approximate surface area is 310 Å². The van der Waals surface area contributed by atoms with Crippen molar-refractivity contribution in [1.29, 1.82) is 0 Å². The average Bonchev–Trinajstić information content (AvgIpc) is 2.74. The second-order valence-electron chi connectivity index (χ2n) is 12.2. The van der Waals surface area contributed by atoms with Gasteiger partial charge >= 0.3 is 58.4 Å². The van der Waals surface area contributed by atoms with Crippen molar-refractivity contribution in [2.45, 2.75) is 132 Å². The maximum absolute atomic E-state index is 11.6. The summed E-state index contributed by atoms with van der Waals surface area (Å²) >= 11 is 9.37. The van der Waals surface area contributed by atoms with Gasteiger partial charge in [0.25, 0.3) is 0 Å². The summed E-state index contributed by atoms with van der Waals surface area (Å²) < 4.78 is 0. The smallest absolute Gasteiger partial charge is 0.854 e. The summed E-state index contributed by atoms with van der Waals surface area (Å²) in [5, 5.41) is 0. The van der Waals surface area contributed by atoms with E-state index in [1.165, 1.54) is 51.4 Å². The minimum Gasteiger partial charge on any atom is -0.854 e. The Morgan fingerprint density at radius 2 is 0.683 bits per heavy atom. The Morgan fingerprint density at radius 1 is 0.439 bits per heavy atom. The van der Waals surface area contributed by atoms with E-state index in [4.69, 9.17) is 0 Å². The molecule has 0 amide bonds. The summed E-state index contributed by atoms with van der Waals surface area (Å²) in [6, 6.07) is 0. The monoisotopic (exact) mass is 842 g/mol. The molecule has 0 heterocycles. The molecular weight excluding hydrogens is 787 g/mol. The van der Waals surface area contributed by atoms with E-state index in [1.54, 1.807) is 0 Å². The summed E-state index contributed by atoms with van der Waals surface area (Å²) in [4.78, 5) is 46.3. The van der Waals surface area contributed by atoms with E-state index in [0.29, 0.717) is 11.8 Å². The number of rotatable bonds is 20. The van der Waals surface area contributed by atoms with Crippen LogP contribution in [0.3, 0.4) is 0 Å². The molecule has 0 aromatic heterocycles. The van der Waals surface area contributed by atoms with Crippen LogP contribution in [0.25, 0.3) is 0 Å². The number of hydrogen-bond acceptors (Lipinski definition) is 6. The van der Waals surface area contributed by atoms with Gasteiger partial charge in [-0.1, -0.05) is 120 Å². The normalized spacial score (nSPS) is 13.3. The van der Waals surface area contributed by atoms with Gasteiger partial charge in [-0.25, -0.2) is 20.1 Å². The fourth-order valence-corrected chi connectivity index (χ4v) is 15.2. The van der Waals surface area contributed by atoms with Gasteiger partial charge in [0.05, 0.1) is 0 Å². The molecule has 0 N–H and O–H groups in total. The summed E-state index contributed by atoms with van der Waals surface area (Å²) in [6.45, 7) is 17.3. The zero-order valence-corrected chi connectivity index (χ0v) is 41.9. The maximum Gasteiger partial charge on any atom is 2.00 e. The fraction of sp³-hybridized carbons (Fsp3) is 1.00. The van der Waals surface area contributed by atoms with Crippen molar-refractivity contribution in [2.24, 2.45) is 23.7 Å². The molecule has 0 aromatic carbocycles. The Morgan fingerprint density at radius 3 is 0.902 bits per heavy atom. The molecule has 0 aliphatic heterocycles. The Hall–Kier alpha value is 3.97. The van der Waals surface area contributed by atoms with Crippen LogP contribution in [0.15, 0.2) is 0 Å². The molecular formula is C28H60O4P2S4Zn3. The van der Waals surface area contributed by atoms with E-state index >= 15 is 0 Å². The predicted octanol–water partition coefficient (Wildman–Crippen LogP) is 6.40. The molecule has 0 aromatic rings. The Balaban J connectivity index is -0.000000196. The third-order valence-corrected chi connectivity index (χ3v) is 20.5. The first-order valence-corrected chi connectivity index (χ1v) is 24.5. The first-order valence-electron chi connectivity index (χ1n) is 14.9. The molecule has 2 unspecified atom stereocenters. The molecule has 236 valence electrons. The zero-order chi connectivity index (χ0) is 29.8. The van der Waals surface area contributed by atoms with Crippen LogP contribution in [-0.4, -0.2) is 23.0 Å². The first-order chi connectivity index (χ1) is 17.5. The molecule has 0 rings (SSSR count). The van der Waals surface area contributed by atoms with Crippen molar-refractivity contribution in [2.75, 3.05) is 23.0 Å². The van der Waals surface area contributed by atoms with Crippen LogP contribution in [0.4, 0.5) is 0 Å². The van der Waals surface area contributed by atoms with Gasteiger partial charge in [-0.3, -0.25) is 0 Å². The Bertz CT molecular complexity index is 627. The molecule has 0 aliphatic rings. The second kappa shape index (κ2) is 32.5. The van der Waals surface area contributed by atoms with Crippen LogP contribution in [0.5, 0.6) is 0 Å². The van der Waals surface area contributed by atoms with Crippen molar-refractivity contribution in [3.8, 4) is 0 Å². The summed E-state index contributed by atoms with van der Waals surface area (Å²) in [7, 11) is -1.14. The van der Waals surface area contributed by atoms with Crippen LogP contribution in [-0.2, 0) is 103 Å². The minimum atomic E-state index is -3.54. The molecule has 2 atom stereocenters. The van der Waals surface area contributed by atoms with Gasteiger partial charge in [0.1, 0.15) is 0 Å². The quantitative estimate of drug-likeness (QED) is 0.0611. The van der Waals surface area contributed by atoms with Gasteiger partial charge in [0, 0.05) is 0 Å².